The van der Waals surface area contributed by atoms with Crippen LogP contribution in [0.2, 0.25) is 0 Å². The average Bonchev–Trinajstić information content (AvgIpc) is 3.08. The van der Waals surface area contributed by atoms with Crippen LogP contribution in [0.5, 0.6) is 0 Å². The summed E-state index contributed by atoms with van der Waals surface area (Å²) in [5.74, 6) is 0.796. The van der Waals surface area contributed by atoms with E-state index >= 15 is 0 Å². The zero-order valence-corrected chi connectivity index (χ0v) is 11.5. The standard InChI is InChI=1S/C13H17BrN2O/c1-2-9-7-12(9)15-8-13(17)16-11-5-3-10(14)4-6-11/h3-6,9,12,15H,2,7-8H2,1H3,(H,16,17). The van der Waals surface area contributed by atoms with E-state index in [-0.39, 0.29) is 5.91 Å². The molecule has 2 rings (SSSR count). The van der Waals surface area contributed by atoms with Gasteiger partial charge in [-0.25, -0.2) is 0 Å². The lowest BCUT2D eigenvalue weighted by molar-refractivity contribution is -0.115. The van der Waals surface area contributed by atoms with Crippen LogP contribution in [0.25, 0.3) is 0 Å². The lowest BCUT2D eigenvalue weighted by Gasteiger charge is -2.06. The highest BCUT2D eigenvalue weighted by atomic mass is 79.9. The Labute approximate surface area is 110 Å². The molecule has 1 aromatic rings. The highest BCUT2D eigenvalue weighted by molar-refractivity contribution is 9.10. The number of benzene rings is 1. The number of nitrogens with one attached hydrogen (secondary N) is 2. The van der Waals surface area contributed by atoms with Gasteiger partial charge in [-0.3, -0.25) is 4.79 Å². The number of anilines is 1. The van der Waals surface area contributed by atoms with Gasteiger partial charge in [-0.2, -0.15) is 0 Å². The summed E-state index contributed by atoms with van der Waals surface area (Å²) in [7, 11) is 0. The molecule has 1 amide bonds. The van der Waals surface area contributed by atoms with Gasteiger partial charge in [0.25, 0.3) is 0 Å². The zero-order valence-electron chi connectivity index (χ0n) is 9.87. The summed E-state index contributed by atoms with van der Waals surface area (Å²) in [4.78, 5) is 11.6. The van der Waals surface area contributed by atoms with Gasteiger partial charge in [-0.05, 0) is 36.6 Å². The van der Waals surface area contributed by atoms with Gasteiger partial charge in [-0.1, -0.05) is 29.3 Å². The maximum absolute atomic E-state index is 11.6. The molecule has 92 valence electrons. The summed E-state index contributed by atoms with van der Waals surface area (Å²) in [5, 5.41) is 6.13. The molecular formula is C13H17BrN2O. The van der Waals surface area contributed by atoms with Crippen molar-refractivity contribution in [2.24, 2.45) is 5.92 Å². The van der Waals surface area contributed by atoms with E-state index in [4.69, 9.17) is 0 Å². The van der Waals surface area contributed by atoms with Crippen LogP contribution < -0.4 is 10.6 Å². The van der Waals surface area contributed by atoms with Crippen LogP contribution in [-0.4, -0.2) is 18.5 Å². The first-order chi connectivity index (χ1) is 8.19. The minimum Gasteiger partial charge on any atom is -0.325 e. The monoisotopic (exact) mass is 296 g/mol. The predicted molar refractivity (Wildman–Crippen MR) is 73.0 cm³/mol. The minimum absolute atomic E-state index is 0.0223. The van der Waals surface area contributed by atoms with Crippen molar-refractivity contribution in [1.29, 1.82) is 0 Å². The topological polar surface area (TPSA) is 41.1 Å². The Morgan fingerprint density at radius 3 is 2.71 bits per heavy atom. The van der Waals surface area contributed by atoms with Gasteiger partial charge in [0.15, 0.2) is 0 Å². The molecule has 0 aliphatic heterocycles. The first-order valence-electron chi connectivity index (χ1n) is 5.98. The maximum Gasteiger partial charge on any atom is 0.238 e. The Morgan fingerprint density at radius 1 is 1.41 bits per heavy atom. The second-order valence-electron chi connectivity index (χ2n) is 4.45. The lowest BCUT2D eigenvalue weighted by atomic mass is 10.3. The van der Waals surface area contributed by atoms with Gasteiger partial charge >= 0.3 is 0 Å². The van der Waals surface area contributed by atoms with Gasteiger partial charge in [0.05, 0.1) is 6.54 Å². The Kier molecular flexibility index (Phi) is 4.18. The number of rotatable bonds is 5. The van der Waals surface area contributed by atoms with Gasteiger partial charge in [-0.15, -0.1) is 0 Å². The maximum atomic E-state index is 11.6. The van der Waals surface area contributed by atoms with Crippen LogP contribution in [0.1, 0.15) is 19.8 Å². The normalized spacial score (nSPS) is 22.2. The molecule has 0 heterocycles. The highest BCUT2D eigenvalue weighted by Gasteiger charge is 2.34. The fourth-order valence-electron chi connectivity index (χ4n) is 1.91. The molecule has 1 aliphatic carbocycles. The number of hydrogen-bond donors (Lipinski definition) is 2. The van der Waals surface area contributed by atoms with Crippen molar-refractivity contribution < 1.29 is 4.79 Å². The van der Waals surface area contributed by atoms with E-state index in [9.17, 15) is 4.79 Å². The number of halogens is 1. The molecule has 0 radical (unpaired) electrons. The van der Waals surface area contributed by atoms with E-state index < -0.39 is 0 Å². The van der Waals surface area contributed by atoms with Crippen molar-refractivity contribution in [3.8, 4) is 0 Å². The molecule has 2 unspecified atom stereocenters. The molecule has 3 nitrogen and oxygen atoms in total. The first-order valence-corrected chi connectivity index (χ1v) is 6.77. The zero-order chi connectivity index (χ0) is 12.3. The molecule has 2 N–H and O–H groups in total. The summed E-state index contributed by atoms with van der Waals surface area (Å²) in [6.45, 7) is 2.59. The van der Waals surface area contributed by atoms with Crippen LogP contribution in [-0.2, 0) is 4.79 Å². The Morgan fingerprint density at radius 2 is 2.12 bits per heavy atom. The number of carbonyl (C=O) groups excluding carboxylic acids is 1. The average molecular weight is 297 g/mol. The molecule has 1 aliphatic rings. The molecule has 0 bridgehead atoms. The van der Waals surface area contributed by atoms with Gasteiger partial charge in [0.1, 0.15) is 0 Å². The summed E-state index contributed by atoms with van der Waals surface area (Å²) in [5.41, 5.74) is 0.836. The molecule has 2 atom stereocenters. The number of hydrogen-bond acceptors (Lipinski definition) is 2. The minimum atomic E-state index is 0.0223. The molecule has 1 fully saturated rings. The molecule has 1 saturated carbocycles. The van der Waals surface area contributed by atoms with Gasteiger partial charge < -0.3 is 10.6 Å². The van der Waals surface area contributed by atoms with E-state index in [0.717, 1.165) is 16.1 Å². The van der Waals surface area contributed by atoms with Crippen molar-refractivity contribution in [2.45, 2.75) is 25.8 Å². The summed E-state index contributed by atoms with van der Waals surface area (Å²) in [6, 6.07) is 8.14. The fourth-order valence-corrected chi connectivity index (χ4v) is 2.18. The second kappa shape index (κ2) is 5.65. The van der Waals surface area contributed by atoms with Crippen LogP contribution in [0.15, 0.2) is 28.7 Å². The third-order valence-corrected chi connectivity index (χ3v) is 3.63. The van der Waals surface area contributed by atoms with E-state index in [1.54, 1.807) is 0 Å². The summed E-state index contributed by atoms with van der Waals surface area (Å²) in [6.07, 6.45) is 2.41. The lowest BCUT2D eigenvalue weighted by Crippen LogP contribution is -2.30. The number of carbonyl (C=O) groups is 1. The van der Waals surface area contributed by atoms with Crippen molar-refractivity contribution in [3.63, 3.8) is 0 Å². The molecular weight excluding hydrogens is 280 g/mol. The van der Waals surface area contributed by atoms with Crippen molar-refractivity contribution in [1.82, 2.24) is 5.32 Å². The van der Waals surface area contributed by atoms with E-state index in [1.165, 1.54) is 12.8 Å². The quantitative estimate of drug-likeness (QED) is 0.877. The van der Waals surface area contributed by atoms with Crippen molar-refractivity contribution >= 4 is 27.5 Å². The van der Waals surface area contributed by atoms with Crippen LogP contribution >= 0.6 is 15.9 Å². The molecule has 0 aromatic heterocycles. The molecule has 1 aromatic carbocycles. The smallest absolute Gasteiger partial charge is 0.238 e. The van der Waals surface area contributed by atoms with E-state index in [2.05, 4.69) is 33.5 Å². The predicted octanol–water partition coefficient (Wildman–Crippen LogP) is 2.78. The Balaban J connectivity index is 1.72. The van der Waals surface area contributed by atoms with E-state index in [0.29, 0.717) is 12.6 Å². The largest absolute Gasteiger partial charge is 0.325 e. The van der Waals surface area contributed by atoms with Crippen LogP contribution in [0, 0.1) is 5.92 Å². The van der Waals surface area contributed by atoms with Crippen LogP contribution in [0.4, 0.5) is 5.69 Å². The van der Waals surface area contributed by atoms with Gasteiger partial charge in [0.2, 0.25) is 5.91 Å². The molecule has 4 heteroatoms. The third kappa shape index (κ3) is 3.82. The second-order valence-corrected chi connectivity index (χ2v) is 5.36. The summed E-state index contributed by atoms with van der Waals surface area (Å²) < 4.78 is 1.01. The Hall–Kier alpha value is -0.870. The third-order valence-electron chi connectivity index (χ3n) is 3.10. The van der Waals surface area contributed by atoms with Gasteiger partial charge in [0, 0.05) is 16.2 Å². The van der Waals surface area contributed by atoms with Crippen molar-refractivity contribution in [3.05, 3.63) is 28.7 Å². The van der Waals surface area contributed by atoms with Crippen LogP contribution in [0.3, 0.4) is 0 Å². The number of amides is 1. The van der Waals surface area contributed by atoms with E-state index in [1.807, 2.05) is 24.3 Å². The molecule has 17 heavy (non-hydrogen) atoms. The molecule has 0 spiro atoms. The first kappa shape index (κ1) is 12.6. The SMILES string of the molecule is CCC1CC1NCC(=O)Nc1ccc(Br)cc1. The summed E-state index contributed by atoms with van der Waals surface area (Å²) >= 11 is 3.36. The molecule has 0 saturated heterocycles. The fraction of sp³-hybridized carbons (Fsp3) is 0.462. The van der Waals surface area contributed by atoms with Crippen molar-refractivity contribution in [2.75, 3.05) is 11.9 Å². The Bertz CT molecular complexity index is 391. The highest BCUT2D eigenvalue weighted by Crippen LogP contribution is 2.32.